The molecule has 0 aliphatic heterocycles. The molecule has 0 aromatic rings. The molecule has 0 spiro atoms. The van der Waals surface area contributed by atoms with Gasteiger partial charge in [0.1, 0.15) is 6.61 Å². The topological polar surface area (TPSA) is 55.8 Å². The van der Waals surface area contributed by atoms with E-state index in [1.807, 2.05) is 0 Å². The summed E-state index contributed by atoms with van der Waals surface area (Å²) in [5, 5.41) is 8.19. The van der Waals surface area contributed by atoms with Crippen LogP contribution in [0.25, 0.3) is 0 Å². The Balaban J connectivity index is 2.96. The summed E-state index contributed by atoms with van der Waals surface area (Å²) < 4.78 is 9.23. The molecule has 0 aromatic carbocycles. The van der Waals surface area contributed by atoms with Crippen LogP contribution in [0, 0.1) is 0 Å². The van der Waals surface area contributed by atoms with Crippen molar-refractivity contribution in [2.24, 2.45) is 0 Å². The quantitative estimate of drug-likeness (QED) is 0.424. The van der Waals surface area contributed by atoms with Gasteiger partial charge in [0.25, 0.3) is 0 Å². The number of rotatable bonds is 5. The van der Waals surface area contributed by atoms with Crippen molar-refractivity contribution in [1.29, 1.82) is 0 Å². The summed E-state index contributed by atoms with van der Waals surface area (Å²) in [5.74, 6) is -0.587. The molecule has 0 rings (SSSR count). The molecule has 0 aromatic heterocycles. The monoisotopic (exact) mass is 148 g/mol. The predicted octanol–water partition coefficient (Wildman–Crippen LogP) is -0.442. The highest BCUT2D eigenvalue weighted by Gasteiger charge is 1.96. The normalized spacial score (nSPS) is 9.40. The van der Waals surface area contributed by atoms with Crippen molar-refractivity contribution < 1.29 is 19.4 Å². The molecule has 0 radical (unpaired) electrons. The summed E-state index contributed by atoms with van der Waals surface area (Å²) >= 11 is 0. The summed E-state index contributed by atoms with van der Waals surface area (Å²) in [6.07, 6.45) is 0.669. The first-order valence-corrected chi connectivity index (χ1v) is 3.06. The fourth-order valence-electron chi connectivity index (χ4n) is 0.435. The lowest BCUT2D eigenvalue weighted by Gasteiger charge is -2.00. The van der Waals surface area contributed by atoms with E-state index in [0.717, 1.165) is 0 Å². The van der Waals surface area contributed by atoms with E-state index in [0.29, 0.717) is 19.6 Å². The molecule has 0 aliphatic carbocycles. The van der Waals surface area contributed by atoms with Crippen molar-refractivity contribution in [1.82, 2.24) is 0 Å². The van der Waals surface area contributed by atoms with Crippen LogP contribution in [-0.2, 0) is 14.3 Å². The van der Waals surface area contributed by atoms with E-state index in [4.69, 9.17) is 9.84 Å². The molecule has 0 unspecified atom stereocenters. The van der Waals surface area contributed by atoms with Crippen molar-refractivity contribution in [3.05, 3.63) is 0 Å². The molecule has 4 nitrogen and oxygen atoms in total. The molecular formula is C6H12O4. The van der Waals surface area contributed by atoms with E-state index in [-0.39, 0.29) is 0 Å². The largest absolute Gasteiger partial charge is 0.464 e. The van der Waals surface area contributed by atoms with Gasteiger partial charge in [-0.15, -0.1) is 0 Å². The van der Waals surface area contributed by atoms with Crippen LogP contribution in [0.15, 0.2) is 0 Å². The second kappa shape index (κ2) is 6.51. The van der Waals surface area contributed by atoms with Gasteiger partial charge in [0.05, 0.1) is 6.61 Å². The number of aliphatic hydroxyl groups is 1. The van der Waals surface area contributed by atoms with Gasteiger partial charge in [-0.2, -0.15) is 0 Å². The highest BCUT2D eigenvalue weighted by Crippen LogP contribution is 1.83. The Labute approximate surface area is 59.7 Å². The van der Waals surface area contributed by atoms with Crippen LogP contribution in [0.4, 0.5) is 0 Å². The zero-order chi connectivity index (χ0) is 7.82. The smallest absolute Gasteiger partial charge is 0.331 e. The average molecular weight is 148 g/mol. The number of hydrogen-bond donors (Lipinski definition) is 1. The van der Waals surface area contributed by atoms with Gasteiger partial charge in [-0.1, -0.05) is 0 Å². The van der Waals surface area contributed by atoms with Crippen molar-refractivity contribution in [3.8, 4) is 0 Å². The van der Waals surface area contributed by atoms with E-state index in [1.54, 1.807) is 7.11 Å². The zero-order valence-corrected chi connectivity index (χ0v) is 6.00. The second-order valence-corrected chi connectivity index (χ2v) is 1.72. The Kier molecular flexibility index (Phi) is 6.11. The minimum Gasteiger partial charge on any atom is -0.464 e. The van der Waals surface area contributed by atoms with Crippen LogP contribution in [0.3, 0.4) is 0 Å². The van der Waals surface area contributed by atoms with E-state index in [2.05, 4.69) is 4.74 Å². The fourth-order valence-corrected chi connectivity index (χ4v) is 0.435. The Morgan fingerprint density at radius 3 is 2.70 bits per heavy atom. The molecule has 0 saturated heterocycles. The number of aliphatic hydroxyl groups excluding tert-OH is 1. The third kappa shape index (κ3) is 5.53. The Bertz CT molecular complexity index is 91.7. The van der Waals surface area contributed by atoms with Crippen LogP contribution in [0.2, 0.25) is 0 Å². The van der Waals surface area contributed by atoms with Crippen molar-refractivity contribution >= 4 is 5.97 Å². The van der Waals surface area contributed by atoms with Crippen molar-refractivity contribution in [2.75, 3.05) is 26.9 Å². The molecule has 0 atom stereocenters. The third-order valence-electron chi connectivity index (χ3n) is 0.885. The highest BCUT2D eigenvalue weighted by atomic mass is 16.5. The lowest BCUT2D eigenvalue weighted by Crippen LogP contribution is -2.10. The van der Waals surface area contributed by atoms with E-state index < -0.39 is 12.6 Å². The summed E-state index contributed by atoms with van der Waals surface area (Å²) in [6, 6.07) is 0. The summed E-state index contributed by atoms with van der Waals surface area (Å²) in [5.41, 5.74) is 0. The Morgan fingerprint density at radius 1 is 1.50 bits per heavy atom. The third-order valence-corrected chi connectivity index (χ3v) is 0.885. The Morgan fingerprint density at radius 2 is 2.20 bits per heavy atom. The molecule has 0 bridgehead atoms. The van der Waals surface area contributed by atoms with E-state index in [1.165, 1.54) is 0 Å². The van der Waals surface area contributed by atoms with Gasteiger partial charge in [-0.3, -0.25) is 0 Å². The van der Waals surface area contributed by atoms with Crippen LogP contribution < -0.4 is 0 Å². The first-order chi connectivity index (χ1) is 4.81. The van der Waals surface area contributed by atoms with Crippen LogP contribution in [0.1, 0.15) is 6.42 Å². The van der Waals surface area contributed by atoms with Gasteiger partial charge in [0.15, 0.2) is 0 Å². The van der Waals surface area contributed by atoms with Crippen molar-refractivity contribution in [3.63, 3.8) is 0 Å². The number of methoxy groups -OCH3 is 1. The number of carbonyl (C=O) groups excluding carboxylic acids is 1. The lowest BCUT2D eigenvalue weighted by molar-refractivity contribution is -0.147. The minimum absolute atomic E-state index is 0.313. The number of carbonyl (C=O) groups is 1. The lowest BCUT2D eigenvalue weighted by atomic mass is 10.5. The van der Waals surface area contributed by atoms with Crippen LogP contribution >= 0.6 is 0 Å². The number of esters is 1. The van der Waals surface area contributed by atoms with Gasteiger partial charge >= 0.3 is 5.97 Å². The fraction of sp³-hybridized carbons (Fsp3) is 0.833. The van der Waals surface area contributed by atoms with Gasteiger partial charge in [0, 0.05) is 20.1 Å². The standard InChI is InChI=1S/C6H12O4/c1-9-3-2-4-10-6(8)5-7/h7H,2-5H2,1H3. The summed E-state index contributed by atoms with van der Waals surface area (Å²) in [7, 11) is 1.58. The maximum absolute atomic E-state index is 10.3. The first kappa shape index (κ1) is 9.39. The van der Waals surface area contributed by atoms with Gasteiger partial charge in [-0.05, 0) is 0 Å². The predicted molar refractivity (Wildman–Crippen MR) is 34.5 cm³/mol. The van der Waals surface area contributed by atoms with Gasteiger partial charge in [0.2, 0.25) is 0 Å². The maximum Gasteiger partial charge on any atom is 0.331 e. The molecule has 0 saturated carbocycles. The van der Waals surface area contributed by atoms with Crippen molar-refractivity contribution in [2.45, 2.75) is 6.42 Å². The minimum atomic E-state index is -0.587. The Hall–Kier alpha value is -0.610. The van der Waals surface area contributed by atoms with Gasteiger partial charge in [-0.25, -0.2) is 4.79 Å². The summed E-state index contributed by atoms with van der Waals surface area (Å²) in [6.45, 7) is 0.332. The molecule has 1 N–H and O–H groups in total. The van der Waals surface area contributed by atoms with Gasteiger partial charge < -0.3 is 14.6 Å². The molecule has 0 amide bonds. The molecule has 0 fully saturated rings. The molecule has 10 heavy (non-hydrogen) atoms. The number of hydrogen-bond acceptors (Lipinski definition) is 4. The van der Waals surface area contributed by atoms with E-state index in [9.17, 15) is 4.79 Å². The van der Waals surface area contributed by atoms with Crippen LogP contribution in [-0.4, -0.2) is 38.0 Å². The molecule has 60 valence electrons. The molecule has 0 heterocycles. The first-order valence-electron chi connectivity index (χ1n) is 3.06. The molecule has 0 aliphatic rings. The number of ether oxygens (including phenoxy) is 2. The average Bonchev–Trinajstić information content (AvgIpc) is 1.98. The van der Waals surface area contributed by atoms with E-state index >= 15 is 0 Å². The maximum atomic E-state index is 10.3. The van der Waals surface area contributed by atoms with Crippen LogP contribution in [0.5, 0.6) is 0 Å². The SMILES string of the molecule is COCCCOC(=O)CO. The highest BCUT2D eigenvalue weighted by molar-refractivity contribution is 5.70. The molecule has 4 heteroatoms. The summed E-state index contributed by atoms with van der Waals surface area (Å²) in [4.78, 5) is 10.3. The molecular weight excluding hydrogens is 136 g/mol. The zero-order valence-electron chi connectivity index (χ0n) is 6.00. The second-order valence-electron chi connectivity index (χ2n) is 1.72.